The Morgan fingerprint density at radius 2 is 2.38 bits per heavy atom. The number of piperidine rings is 1. The van der Waals surface area contributed by atoms with Crippen LogP contribution in [0.1, 0.15) is 32.0 Å². The standard InChI is InChI=1S/C16H24N4O/c1-2-8-21-13-4-3-7-20(10-13)11-16-18-14-6-5-12(17)9-15(14)19-16/h5-6,9,13H,2-4,7-8,10-11,17H2,1H3,(H,18,19). The first kappa shape index (κ1) is 14.4. The van der Waals surface area contributed by atoms with Crippen molar-refractivity contribution in [2.45, 2.75) is 38.8 Å². The summed E-state index contributed by atoms with van der Waals surface area (Å²) in [5, 5.41) is 0. The van der Waals surface area contributed by atoms with Gasteiger partial charge in [-0.3, -0.25) is 4.90 Å². The van der Waals surface area contributed by atoms with Crippen LogP contribution < -0.4 is 5.73 Å². The van der Waals surface area contributed by atoms with Crippen LogP contribution in [0.25, 0.3) is 11.0 Å². The van der Waals surface area contributed by atoms with Crippen molar-refractivity contribution in [2.75, 3.05) is 25.4 Å². The Bertz CT molecular complexity index is 595. The summed E-state index contributed by atoms with van der Waals surface area (Å²) in [7, 11) is 0. The number of benzene rings is 1. The van der Waals surface area contributed by atoms with Gasteiger partial charge < -0.3 is 15.5 Å². The number of aromatic nitrogens is 2. The molecule has 5 heteroatoms. The van der Waals surface area contributed by atoms with Gasteiger partial charge in [0, 0.05) is 18.8 Å². The second kappa shape index (κ2) is 6.45. The Morgan fingerprint density at radius 1 is 1.48 bits per heavy atom. The van der Waals surface area contributed by atoms with Gasteiger partial charge >= 0.3 is 0 Å². The third-order valence-corrected chi connectivity index (χ3v) is 3.95. The van der Waals surface area contributed by atoms with Crippen molar-refractivity contribution in [1.29, 1.82) is 0 Å². The average molecular weight is 288 g/mol. The first-order valence-corrected chi connectivity index (χ1v) is 7.82. The molecule has 1 atom stereocenters. The fourth-order valence-electron chi connectivity index (χ4n) is 2.94. The molecule has 1 aliphatic heterocycles. The zero-order chi connectivity index (χ0) is 14.7. The zero-order valence-corrected chi connectivity index (χ0v) is 12.6. The van der Waals surface area contributed by atoms with Crippen molar-refractivity contribution in [1.82, 2.24) is 14.9 Å². The van der Waals surface area contributed by atoms with Crippen molar-refractivity contribution < 1.29 is 4.74 Å². The normalized spacial score (nSPS) is 20.1. The summed E-state index contributed by atoms with van der Waals surface area (Å²) in [6.07, 6.45) is 3.83. The second-order valence-electron chi connectivity index (χ2n) is 5.83. The third-order valence-electron chi connectivity index (χ3n) is 3.95. The zero-order valence-electron chi connectivity index (χ0n) is 12.6. The number of nitrogen functional groups attached to an aromatic ring is 1. The molecule has 1 unspecified atom stereocenters. The molecular formula is C16H24N4O. The molecule has 0 bridgehead atoms. The lowest BCUT2D eigenvalue weighted by Gasteiger charge is -2.31. The highest BCUT2D eigenvalue weighted by Gasteiger charge is 2.21. The summed E-state index contributed by atoms with van der Waals surface area (Å²) in [5.41, 5.74) is 8.57. The van der Waals surface area contributed by atoms with Gasteiger partial charge in [0.1, 0.15) is 5.82 Å². The molecule has 114 valence electrons. The molecule has 3 N–H and O–H groups in total. The summed E-state index contributed by atoms with van der Waals surface area (Å²) < 4.78 is 5.89. The minimum absolute atomic E-state index is 0.374. The SMILES string of the molecule is CCCOC1CCCN(Cc2nc3ccc(N)cc3[nH]2)C1. The van der Waals surface area contributed by atoms with E-state index in [9.17, 15) is 0 Å². The molecule has 0 saturated carbocycles. The molecule has 1 saturated heterocycles. The van der Waals surface area contributed by atoms with Crippen molar-refractivity contribution in [3.05, 3.63) is 24.0 Å². The first-order chi connectivity index (χ1) is 10.2. The van der Waals surface area contributed by atoms with Gasteiger partial charge in [0.05, 0.1) is 23.7 Å². The Balaban J connectivity index is 1.64. The summed E-state index contributed by atoms with van der Waals surface area (Å²) in [6.45, 7) is 5.98. The number of fused-ring (bicyclic) bond motifs is 1. The lowest BCUT2D eigenvalue weighted by Crippen LogP contribution is -2.39. The maximum absolute atomic E-state index is 5.89. The van der Waals surface area contributed by atoms with Gasteiger partial charge in [-0.1, -0.05) is 6.92 Å². The predicted octanol–water partition coefficient (Wildman–Crippen LogP) is 2.54. The van der Waals surface area contributed by atoms with E-state index in [0.717, 1.165) is 55.2 Å². The molecule has 1 fully saturated rings. The maximum atomic E-state index is 5.89. The van der Waals surface area contributed by atoms with E-state index < -0.39 is 0 Å². The van der Waals surface area contributed by atoms with Gasteiger partial charge in [-0.2, -0.15) is 0 Å². The van der Waals surface area contributed by atoms with Crippen LogP contribution >= 0.6 is 0 Å². The Kier molecular flexibility index (Phi) is 4.41. The molecule has 5 nitrogen and oxygen atoms in total. The smallest absolute Gasteiger partial charge is 0.121 e. The van der Waals surface area contributed by atoms with Crippen molar-refractivity contribution in [2.24, 2.45) is 0 Å². The number of imidazole rings is 1. The number of ether oxygens (including phenoxy) is 1. The van der Waals surface area contributed by atoms with Crippen LogP contribution in [-0.2, 0) is 11.3 Å². The van der Waals surface area contributed by atoms with Gasteiger partial charge in [0.2, 0.25) is 0 Å². The van der Waals surface area contributed by atoms with Crippen LogP contribution in [0.3, 0.4) is 0 Å². The fraction of sp³-hybridized carbons (Fsp3) is 0.562. The molecule has 1 aromatic heterocycles. The Hall–Kier alpha value is -1.59. The van der Waals surface area contributed by atoms with E-state index in [0.29, 0.717) is 6.10 Å². The number of rotatable bonds is 5. The van der Waals surface area contributed by atoms with E-state index >= 15 is 0 Å². The van der Waals surface area contributed by atoms with Crippen LogP contribution in [0.15, 0.2) is 18.2 Å². The van der Waals surface area contributed by atoms with Crippen molar-refractivity contribution in [3.63, 3.8) is 0 Å². The molecule has 2 heterocycles. The monoisotopic (exact) mass is 288 g/mol. The van der Waals surface area contributed by atoms with E-state index in [4.69, 9.17) is 10.5 Å². The van der Waals surface area contributed by atoms with Gasteiger partial charge in [0.25, 0.3) is 0 Å². The number of nitrogens with two attached hydrogens (primary N) is 1. The van der Waals surface area contributed by atoms with Crippen molar-refractivity contribution >= 4 is 16.7 Å². The molecule has 0 amide bonds. The maximum Gasteiger partial charge on any atom is 0.121 e. The van der Waals surface area contributed by atoms with Crippen LogP contribution in [-0.4, -0.2) is 40.7 Å². The molecule has 3 rings (SSSR count). The van der Waals surface area contributed by atoms with Crippen LogP contribution in [0.2, 0.25) is 0 Å². The van der Waals surface area contributed by atoms with Crippen molar-refractivity contribution in [3.8, 4) is 0 Å². The highest BCUT2D eigenvalue weighted by atomic mass is 16.5. The number of nitrogens with one attached hydrogen (secondary N) is 1. The average Bonchev–Trinajstić information content (AvgIpc) is 2.86. The summed E-state index contributed by atoms with van der Waals surface area (Å²) in [5.74, 6) is 1.01. The number of nitrogens with zero attached hydrogens (tertiary/aromatic N) is 2. The van der Waals surface area contributed by atoms with E-state index in [1.54, 1.807) is 0 Å². The molecular weight excluding hydrogens is 264 g/mol. The molecule has 0 radical (unpaired) electrons. The highest BCUT2D eigenvalue weighted by Crippen LogP contribution is 2.18. The van der Waals surface area contributed by atoms with Crippen LogP contribution in [0.4, 0.5) is 5.69 Å². The minimum atomic E-state index is 0.374. The molecule has 21 heavy (non-hydrogen) atoms. The van der Waals surface area contributed by atoms with Gasteiger partial charge in [-0.15, -0.1) is 0 Å². The van der Waals surface area contributed by atoms with Gasteiger partial charge in [-0.05, 0) is 44.0 Å². The highest BCUT2D eigenvalue weighted by molar-refractivity contribution is 5.78. The quantitative estimate of drug-likeness (QED) is 0.830. The molecule has 0 aliphatic carbocycles. The fourth-order valence-corrected chi connectivity index (χ4v) is 2.94. The summed E-state index contributed by atoms with van der Waals surface area (Å²) >= 11 is 0. The number of likely N-dealkylation sites (tertiary alicyclic amines) is 1. The molecule has 1 aromatic carbocycles. The molecule has 0 spiro atoms. The lowest BCUT2D eigenvalue weighted by atomic mass is 10.1. The van der Waals surface area contributed by atoms with E-state index in [1.807, 2.05) is 18.2 Å². The number of hydrogen-bond donors (Lipinski definition) is 2. The largest absolute Gasteiger partial charge is 0.399 e. The third kappa shape index (κ3) is 3.54. The van der Waals surface area contributed by atoms with Crippen LogP contribution in [0, 0.1) is 0 Å². The lowest BCUT2D eigenvalue weighted by molar-refractivity contribution is -0.00276. The Labute approximate surface area is 125 Å². The van der Waals surface area contributed by atoms with Crippen LogP contribution in [0.5, 0.6) is 0 Å². The molecule has 1 aliphatic rings. The Morgan fingerprint density at radius 3 is 3.24 bits per heavy atom. The predicted molar refractivity (Wildman–Crippen MR) is 85.0 cm³/mol. The summed E-state index contributed by atoms with van der Waals surface area (Å²) in [4.78, 5) is 10.4. The van der Waals surface area contributed by atoms with Gasteiger partial charge in [0.15, 0.2) is 0 Å². The number of H-pyrrole nitrogens is 1. The topological polar surface area (TPSA) is 67.2 Å². The summed E-state index contributed by atoms with van der Waals surface area (Å²) in [6, 6.07) is 5.80. The van der Waals surface area contributed by atoms with Gasteiger partial charge in [-0.25, -0.2) is 4.98 Å². The second-order valence-corrected chi connectivity index (χ2v) is 5.83. The van der Waals surface area contributed by atoms with E-state index in [-0.39, 0.29) is 0 Å². The van der Waals surface area contributed by atoms with E-state index in [2.05, 4.69) is 21.8 Å². The number of aromatic amines is 1. The first-order valence-electron chi connectivity index (χ1n) is 7.82. The minimum Gasteiger partial charge on any atom is -0.399 e. The molecule has 2 aromatic rings. The number of anilines is 1. The van der Waals surface area contributed by atoms with E-state index in [1.165, 1.54) is 12.8 Å². The number of hydrogen-bond acceptors (Lipinski definition) is 4.